The Bertz CT molecular complexity index is 211. The van der Waals surface area contributed by atoms with Crippen LogP contribution in [0.15, 0.2) is 0 Å². The van der Waals surface area contributed by atoms with Gasteiger partial charge >= 0.3 is 12.1 Å². The summed E-state index contributed by atoms with van der Waals surface area (Å²) in [5.41, 5.74) is 0. The molecule has 0 unspecified atom stereocenters. The summed E-state index contributed by atoms with van der Waals surface area (Å²) in [5, 5.41) is 0. The number of alkyl halides is 3. The van der Waals surface area contributed by atoms with E-state index in [1.54, 1.807) is 0 Å². The molecule has 0 aliphatic heterocycles. The lowest BCUT2D eigenvalue weighted by molar-refractivity contribution is -0.184. The summed E-state index contributed by atoms with van der Waals surface area (Å²) in [5.74, 6) is -1.21. The molecule has 0 aromatic heterocycles. The SMILES string of the molecule is CN(CCC1CCC1)C(=O)C(F)(F)F. The lowest BCUT2D eigenvalue weighted by Gasteiger charge is -2.27. The smallest absolute Gasteiger partial charge is 0.338 e. The van der Waals surface area contributed by atoms with Crippen LogP contribution >= 0.6 is 0 Å². The molecule has 0 radical (unpaired) electrons. The van der Waals surface area contributed by atoms with Gasteiger partial charge in [-0.15, -0.1) is 0 Å². The van der Waals surface area contributed by atoms with Crippen molar-refractivity contribution in [1.82, 2.24) is 4.90 Å². The molecule has 0 spiro atoms. The molecule has 1 aliphatic carbocycles. The lowest BCUT2D eigenvalue weighted by atomic mass is 9.83. The number of nitrogens with zero attached hydrogens (tertiary/aromatic N) is 1. The Morgan fingerprint density at radius 3 is 2.36 bits per heavy atom. The molecule has 0 N–H and O–H groups in total. The van der Waals surface area contributed by atoms with Crippen LogP contribution in [-0.2, 0) is 4.79 Å². The molecule has 0 bridgehead atoms. The van der Waals surface area contributed by atoms with Crippen LogP contribution in [0, 0.1) is 5.92 Å². The first-order valence-corrected chi connectivity index (χ1v) is 4.73. The third-order valence-electron chi connectivity index (χ3n) is 2.69. The summed E-state index contributed by atoms with van der Waals surface area (Å²) in [6.45, 7) is 0.211. The summed E-state index contributed by atoms with van der Waals surface area (Å²) >= 11 is 0. The molecule has 82 valence electrons. The Labute approximate surface area is 81.1 Å². The predicted molar refractivity (Wildman–Crippen MR) is 45.7 cm³/mol. The first-order chi connectivity index (χ1) is 6.41. The van der Waals surface area contributed by atoms with Gasteiger partial charge in [0.05, 0.1) is 0 Å². The van der Waals surface area contributed by atoms with Gasteiger partial charge in [0.1, 0.15) is 0 Å². The van der Waals surface area contributed by atoms with Crippen LogP contribution in [-0.4, -0.2) is 30.6 Å². The van der Waals surface area contributed by atoms with Gasteiger partial charge < -0.3 is 4.90 Å². The molecule has 1 rings (SSSR count). The van der Waals surface area contributed by atoms with Gasteiger partial charge in [0, 0.05) is 13.6 Å². The second-order valence-electron chi connectivity index (χ2n) is 3.81. The van der Waals surface area contributed by atoms with Crippen molar-refractivity contribution >= 4 is 5.91 Å². The Hall–Kier alpha value is -0.740. The van der Waals surface area contributed by atoms with Gasteiger partial charge in [-0.1, -0.05) is 19.3 Å². The fourth-order valence-electron chi connectivity index (χ4n) is 1.48. The molecule has 5 heteroatoms. The molecule has 1 fully saturated rings. The molecule has 1 saturated carbocycles. The van der Waals surface area contributed by atoms with Crippen LogP contribution in [0.4, 0.5) is 13.2 Å². The van der Waals surface area contributed by atoms with Gasteiger partial charge in [0.25, 0.3) is 0 Å². The molecular weight excluding hydrogens is 195 g/mol. The van der Waals surface area contributed by atoms with Crippen molar-refractivity contribution in [1.29, 1.82) is 0 Å². The van der Waals surface area contributed by atoms with E-state index in [4.69, 9.17) is 0 Å². The zero-order valence-electron chi connectivity index (χ0n) is 8.10. The van der Waals surface area contributed by atoms with E-state index in [-0.39, 0.29) is 6.54 Å². The van der Waals surface area contributed by atoms with Crippen LogP contribution in [0.2, 0.25) is 0 Å². The maximum Gasteiger partial charge on any atom is 0.471 e. The molecule has 0 aromatic rings. The number of carbonyl (C=O) groups is 1. The average molecular weight is 209 g/mol. The van der Waals surface area contributed by atoms with Gasteiger partial charge in [0.15, 0.2) is 0 Å². The third kappa shape index (κ3) is 2.89. The van der Waals surface area contributed by atoms with E-state index in [1.165, 1.54) is 13.5 Å². The number of hydrogen-bond donors (Lipinski definition) is 0. The fourth-order valence-corrected chi connectivity index (χ4v) is 1.48. The first kappa shape index (κ1) is 11.3. The summed E-state index contributed by atoms with van der Waals surface area (Å²) in [4.78, 5) is 11.4. The van der Waals surface area contributed by atoms with E-state index >= 15 is 0 Å². The first-order valence-electron chi connectivity index (χ1n) is 4.73. The van der Waals surface area contributed by atoms with Crippen LogP contribution < -0.4 is 0 Å². The summed E-state index contributed by atoms with van der Waals surface area (Å²) in [7, 11) is 1.20. The standard InChI is InChI=1S/C9H14F3NO/c1-13(8(14)9(10,11)12)6-5-7-3-2-4-7/h7H,2-6H2,1H3. The monoisotopic (exact) mass is 209 g/mol. The van der Waals surface area contributed by atoms with E-state index < -0.39 is 12.1 Å². The fraction of sp³-hybridized carbons (Fsp3) is 0.889. The predicted octanol–water partition coefficient (Wildman–Crippen LogP) is 2.20. The topological polar surface area (TPSA) is 20.3 Å². The highest BCUT2D eigenvalue weighted by atomic mass is 19.4. The normalized spacial score (nSPS) is 17.7. The van der Waals surface area contributed by atoms with Gasteiger partial charge in [0.2, 0.25) is 0 Å². The largest absolute Gasteiger partial charge is 0.471 e. The van der Waals surface area contributed by atoms with Crippen molar-refractivity contribution in [2.45, 2.75) is 31.9 Å². The Morgan fingerprint density at radius 2 is 2.00 bits per heavy atom. The van der Waals surface area contributed by atoms with Gasteiger partial charge in [-0.3, -0.25) is 4.79 Å². The minimum atomic E-state index is -4.73. The molecule has 1 amide bonds. The molecule has 1 aliphatic rings. The number of rotatable bonds is 3. The average Bonchev–Trinajstić information content (AvgIpc) is 1.98. The van der Waals surface area contributed by atoms with E-state index in [0.29, 0.717) is 12.3 Å². The number of amides is 1. The van der Waals surface area contributed by atoms with E-state index in [1.807, 2.05) is 0 Å². The van der Waals surface area contributed by atoms with Gasteiger partial charge in [-0.05, 0) is 12.3 Å². The van der Waals surface area contributed by atoms with Crippen LogP contribution in [0.1, 0.15) is 25.7 Å². The minimum Gasteiger partial charge on any atom is -0.338 e. The summed E-state index contributed by atoms with van der Waals surface area (Å²) < 4.78 is 35.8. The highest BCUT2D eigenvalue weighted by Gasteiger charge is 2.41. The molecule has 14 heavy (non-hydrogen) atoms. The van der Waals surface area contributed by atoms with Crippen molar-refractivity contribution in [3.63, 3.8) is 0 Å². The van der Waals surface area contributed by atoms with Crippen LogP contribution in [0.25, 0.3) is 0 Å². The quantitative estimate of drug-likeness (QED) is 0.697. The van der Waals surface area contributed by atoms with E-state index in [2.05, 4.69) is 0 Å². The maximum absolute atomic E-state index is 11.9. The third-order valence-corrected chi connectivity index (χ3v) is 2.69. The highest BCUT2D eigenvalue weighted by Crippen LogP contribution is 2.29. The Balaban J connectivity index is 2.26. The molecule has 0 atom stereocenters. The van der Waals surface area contributed by atoms with Crippen LogP contribution in [0.3, 0.4) is 0 Å². The number of carbonyl (C=O) groups excluding carboxylic acids is 1. The second kappa shape index (κ2) is 4.19. The minimum absolute atomic E-state index is 0.211. The second-order valence-corrected chi connectivity index (χ2v) is 3.81. The Kier molecular flexibility index (Phi) is 3.39. The van der Waals surface area contributed by atoms with E-state index in [9.17, 15) is 18.0 Å². The van der Waals surface area contributed by atoms with Crippen molar-refractivity contribution in [3.05, 3.63) is 0 Å². The zero-order chi connectivity index (χ0) is 10.8. The molecule has 0 aromatic carbocycles. The van der Waals surface area contributed by atoms with E-state index in [0.717, 1.165) is 17.7 Å². The number of hydrogen-bond acceptors (Lipinski definition) is 1. The molecule has 0 saturated heterocycles. The Morgan fingerprint density at radius 1 is 1.43 bits per heavy atom. The molecule has 2 nitrogen and oxygen atoms in total. The highest BCUT2D eigenvalue weighted by molar-refractivity contribution is 5.81. The van der Waals surface area contributed by atoms with Crippen LogP contribution in [0.5, 0.6) is 0 Å². The van der Waals surface area contributed by atoms with Crippen molar-refractivity contribution < 1.29 is 18.0 Å². The van der Waals surface area contributed by atoms with Crippen molar-refractivity contribution in [2.75, 3.05) is 13.6 Å². The van der Waals surface area contributed by atoms with Crippen molar-refractivity contribution in [2.24, 2.45) is 5.92 Å². The molecular formula is C9H14F3NO. The summed E-state index contributed by atoms with van der Waals surface area (Å²) in [6.07, 6.45) is -0.684. The summed E-state index contributed by atoms with van der Waals surface area (Å²) in [6, 6.07) is 0. The van der Waals surface area contributed by atoms with Gasteiger partial charge in [-0.2, -0.15) is 13.2 Å². The zero-order valence-corrected chi connectivity index (χ0v) is 8.10. The number of halogens is 3. The van der Waals surface area contributed by atoms with Crippen molar-refractivity contribution in [3.8, 4) is 0 Å². The maximum atomic E-state index is 11.9. The molecule has 0 heterocycles. The lowest BCUT2D eigenvalue weighted by Crippen LogP contribution is -2.39. The van der Waals surface area contributed by atoms with Gasteiger partial charge in [-0.25, -0.2) is 0 Å².